The molecule has 0 aliphatic heterocycles. The zero-order valence-electron chi connectivity index (χ0n) is 17.2. The molecule has 0 aliphatic rings. The summed E-state index contributed by atoms with van der Waals surface area (Å²) in [6, 6.07) is 20.3. The van der Waals surface area contributed by atoms with Crippen molar-refractivity contribution in [1.29, 1.82) is 0 Å². The number of hydrogen-bond donors (Lipinski definition) is 1. The molecule has 0 saturated carbocycles. The molecule has 31 heavy (non-hydrogen) atoms. The highest BCUT2D eigenvalue weighted by molar-refractivity contribution is 7.99. The zero-order valence-corrected chi connectivity index (χ0v) is 18.8. The molecular weight excluding hydrogens is 426 g/mol. The average molecular weight is 450 g/mol. The molecule has 0 radical (unpaired) electrons. The van der Waals surface area contributed by atoms with E-state index in [1.165, 1.54) is 28.7 Å². The van der Waals surface area contributed by atoms with Crippen LogP contribution in [-0.4, -0.2) is 31.4 Å². The second kappa shape index (κ2) is 10.4. The van der Waals surface area contributed by atoms with Crippen LogP contribution in [0, 0.1) is 0 Å². The fraction of sp³-hybridized carbons (Fsp3) is 0.217. The summed E-state index contributed by atoms with van der Waals surface area (Å²) in [4.78, 5) is 16.9. The number of aromatic nitrogens is 4. The van der Waals surface area contributed by atoms with Crippen LogP contribution in [0.15, 0.2) is 71.2 Å². The van der Waals surface area contributed by atoms with Crippen molar-refractivity contribution in [3.8, 4) is 11.3 Å². The van der Waals surface area contributed by atoms with E-state index >= 15 is 0 Å². The minimum Gasteiger partial charge on any atom is -0.306 e. The summed E-state index contributed by atoms with van der Waals surface area (Å²) < 4.78 is 2.08. The summed E-state index contributed by atoms with van der Waals surface area (Å²) in [5.74, 6) is 1.11. The zero-order chi connectivity index (χ0) is 21.5. The van der Waals surface area contributed by atoms with Crippen LogP contribution in [0.4, 0.5) is 5.13 Å². The molecule has 158 valence electrons. The molecule has 8 heteroatoms. The van der Waals surface area contributed by atoms with E-state index in [2.05, 4.69) is 44.1 Å². The van der Waals surface area contributed by atoms with Gasteiger partial charge in [0.25, 0.3) is 0 Å². The number of nitrogens with one attached hydrogen (secondary N) is 1. The third kappa shape index (κ3) is 5.59. The summed E-state index contributed by atoms with van der Waals surface area (Å²) in [7, 11) is 0. The molecular formula is C23H23N5OS2. The minimum atomic E-state index is -0.101. The van der Waals surface area contributed by atoms with Gasteiger partial charge < -0.3 is 9.88 Å². The molecule has 1 N–H and O–H groups in total. The fourth-order valence-electron chi connectivity index (χ4n) is 3.19. The Bertz CT molecular complexity index is 1130. The van der Waals surface area contributed by atoms with Gasteiger partial charge in [0.05, 0.1) is 11.4 Å². The SMILES string of the molecule is CCn1c(CCc2ccccc2)nnc1SCC(=O)Nc1nc(-c2ccccc2)cs1. The first kappa shape index (κ1) is 21.3. The van der Waals surface area contributed by atoms with Gasteiger partial charge in [-0.05, 0) is 18.9 Å². The van der Waals surface area contributed by atoms with E-state index in [9.17, 15) is 4.79 Å². The quantitative estimate of drug-likeness (QED) is 0.367. The molecule has 0 fully saturated rings. The maximum absolute atomic E-state index is 12.4. The molecule has 0 bridgehead atoms. The first-order chi connectivity index (χ1) is 15.2. The Labute approximate surface area is 189 Å². The van der Waals surface area contributed by atoms with Crippen molar-refractivity contribution in [2.24, 2.45) is 0 Å². The Morgan fingerprint density at radius 1 is 1.03 bits per heavy atom. The number of anilines is 1. The number of nitrogens with zero attached hydrogens (tertiary/aromatic N) is 4. The highest BCUT2D eigenvalue weighted by atomic mass is 32.2. The van der Waals surface area contributed by atoms with Gasteiger partial charge in [0.1, 0.15) is 5.82 Å². The molecule has 6 nitrogen and oxygen atoms in total. The lowest BCUT2D eigenvalue weighted by molar-refractivity contribution is -0.113. The normalized spacial score (nSPS) is 10.9. The Morgan fingerprint density at radius 3 is 2.52 bits per heavy atom. The Morgan fingerprint density at radius 2 is 1.77 bits per heavy atom. The number of hydrogen-bond acceptors (Lipinski definition) is 6. The predicted molar refractivity (Wildman–Crippen MR) is 126 cm³/mol. The molecule has 4 rings (SSSR count). The van der Waals surface area contributed by atoms with E-state index in [1.54, 1.807) is 0 Å². The van der Waals surface area contributed by atoms with Crippen LogP contribution in [0.5, 0.6) is 0 Å². The smallest absolute Gasteiger partial charge is 0.236 e. The van der Waals surface area contributed by atoms with E-state index in [4.69, 9.17) is 0 Å². The maximum atomic E-state index is 12.4. The van der Waals surface area contributed by atoms with Gasteiger partial charge >= 0.3 is 0 Å². The minimum absolute atomic E-state index is 0.101. The standard InChI is InChI=1S/C23H23N5OS2/c1-2-28-20(14-13-17-9-5-3-6-10-17)26-27-23(28)31-16-21(29)25-22-24-19(15-30-22)18-11-7-4-8-12-18/h3-12,15H,2,13-14,16H2,1H3,(H,24,25,29). The highest BCUT2D eigenvalue weighted by Crippen LogP contribution is 2.25. The number of carbonyl (C=O) groups excluding carboxylic acids is 1. The maximum Gasteiger partial charge on any atom is 0.236 e. The molecule has 4 aromatic rings. The third-order valence-electron chi connectivity index (χ3n) is 4.74. The number of rotatable bonds is 9. The monoisotopic (exact) mass is 449 g/mol. The van der Waals surface area contributed by atoms with Crippen molar-refractivity contribution < 1.29 is 4.79 Å². The van der Waals surface area contributed by atoms with Crippen molar-refractivity contribution in [3.05, 3.63) is 77.4 Å². The van der Waals surface area contributed by atoms with Crippen LogP contribution in [-0.2, 0) is 24.2 Å². The van der Waals surface area contributed by atoms with Crippen LogP contribution < -0.4 is 5.32 Å². The van der Waals surface area contributed by atoms with Gasteiger partial charge in [-0.2, -0.15) is 0 Å². The summed E-state index contributed by atoms with van der Waals surface area (Å²) in [6.45, 7) is 2.84. The van der Waals surface area contributed by atoms with E-state index in [0.29, 0.717) is 5.13 Å². The van der Waals surface area contributed by atoms with Crippen LogP contribution in [0.2, 0.25) is 0 Å². The van der Waals surface area contributed by atoms with E-state index in [1.807, 2.05) is 53.9 Å². The average Bonchev–Trinajstić information content (AvgIpc) is 3.44. The van der Waals surface area contributed by atoms with Gasteiger partial charge in [-0.3, -0.25) is 4.79 Å². The van der Waals surface area contributed by atoms with E-state index < -0.39 is 0 Å². The molecule has 0 atom stereocenters. The van der Waals surface area contributed by atoms with Crippen molar-refractivity contribution in [2.75, 3.05) is 11.1 Å². The number of benzene rings is 2. The van der Waals surface area contributed by atoms with Gasteiger partial charge in [0.15, 0.2) is 10.3 Å². The number of aryl methyl sites for hydroxylation is 2. The first-order valence-corrected chi connectivity index (χ1v) is 12.0. The van der Waals surface area contributed by atoms with Gasteiger partial charge in [-0.25, -0.2) is 4.98 Å². The lowest BCUT2D eigenvalue weighted by atomic mass is 10.1. The van der Waals surface area contributed by atoms with Gasteiger partial charge in [-0.1, -0.05) is 72.4 Å². The number of thioether (sulfide) groups is 1. The van der Waals surface area contributed by atoms with Crippen molar-refractivity contribution in [2.45, 2.75) is 31.5 Å². The van der Waals surface area contributed by atoms with Gasteiger partial charge in [-0.15, -0.1) is 21.5 Å². The van der Waals surface area contributed by atoms with Crippen molar-refractivity contribution >= 4 is 34.1 Å². The summed E-state index contributed by atoms with van der Waals surface area (Å²) in [5, 5.41) is 14.9. The second-order valence-corrected chi connectivity index (χ2v) is 8.67. The molecule has 0 spiro atoms. The largest absolute Gasteiger partial charge is 0.306 e. The molecule has 2 heterocycles. The fourth-order valence-corrected chi connectivity index (χ4v) is 4.74. The van der Waals surface area contributed by atoms with Crippen molar-refractivity contribution in [3.63, 3.8) is 0 Å². The molecule has 2 aromatic carbocycles. The van der Waals surface area contributed by atoms with Crippen LogP contribution >= 0.6 is 23.1 Å². The van der Waals surface area contributed by atoms with Crippen molar-refractivity contribution in [1.82, 2.24) is 19.7 Å². The molecule has 0 unspecified atom stereocenters. The summed E-state index contributed by atoms with van der Waals surface area (Å²) >= 11 is 2.82. The lowest BCUT2D eigenvalue weighted by Crippen LogP contribution is -2.14. The van der Waals surface area contributed by atoms with Crippen LogP contribution in [0.25, 0.3) is 11.3 Å². The topological polar surface area (TPSA) is 72.7 Å². The molecule has 2 aromatic heterocycles. The summed E-state index contributed by atoms with van der Waals surface area (Å²) in [5.41, 5.74) is 3.18. The van der Waals surface area contributed by atoms with Gasteiger partial charge in [0, 0.05) is 23.9 Å². The molecule has 0 saturated heterocycles. The molecule has 1 amide bonds. The first-order valence-electron chi connectivity index (χ1n) is 10.1. The Kier molecular flexibility index (Phi) is 7.11. The Balaban J connectivity index is 1.32. The Hall–Kier alpha value is -2.97. The van der Waals surface area contributed by atoms with E-state index in [-0.39, 0.29) is 11.7 Å². The number of carbonyl (C=O) groups is 1. The molecule has 0 aliphatic carbocycles. The number of amides is 1. The van der Waals surface area contributed by atoms with Crippen LogP contribution in [0.1, 0.15) is 18.3 Å². The lowest BCUT2D eigenvalue weighted by Gasteiger charge is -2.07. The summed E-state index contributed by atoms with van der Waals surface area (Å²) in [6.07, 6.45) is 1.73. The van der Waals surface area contributed by atoms with E-state index in [0.717, 1.165) is 41.6 Å². The second-order valence-electron chi connectivity index (χ2n) is 6.87. The number of thiazole rings is 1. The van der Waals surface area contributed by atoms with Gasteiger partial charge in [0.2, 0.25) is 5.91 Å². The third-order valence-corrected chi connectivity index (χ3v) is 6.47. The predicted octanol–water partition coefficient (Wildman–Crippen LogP) is 4.94. The highest BCUT2D eigenvalue weighted by Gasteiger charge is 2.14. The van der Waals surface area contributed by atoms with Crippen LogP contribution in [0.3, 0.4) is 0 Å².